The van der Waals surface area contributed by atoms with E-state index in [1.165, 1.54) is 6.26 Å². The number of aryl methyl sites for hydroxylation is 2. The van der Waals surface area contributed by atoms with Gasteiger partial charge < -0.3 is 23.9 Å². The molecule has 4 aromatic rings. The highest BCUT2D eigenvalue weighted by Gasteiger charge is 2.24. The molecule has 0 bridgehead atoms. The van der Waals surface area contributed by atoms with Crippen LogP contribution in [0.4, 0.5) is 5.69 Å². The first kappa shape index (κ1) is 23.6. The van der Waals surface area contributed by atoms with Crippen LogP contribution in [0.5, 0.6) is 5.75 Å². The Morgan fingerprint density at radius 3 is 2.64 bits per heavy atom. The van der Waals surface area contributed by atoms with E-state index in [1.807, 2.05) is 61.3 Å². The summed E-state index contributed by atoms with van der Waals surface area (Å²) in [7, 11) is 2.00. The Labute approximate surface area is 209 Å². The van der Waals surface area contributed by atoms with Gasteiger partial charge in [-0.25, -0.2) is 4.98 Å². The molecule has 9 heteroatoms. The van der Waals surface area contributed by atoms with Gasteiger partial charge in [0.15, 0.2) is 12.4 Å². The molecule has 1 fully saturated rings. The standard InChI is InChI=1S/C27H29N5O4/c1-19-5-3-6-21(15-19)36-18-26(33)28-20-8-9-23-22(16-20)29-25(30(23)2)17-31-10-12-32(13-11-31)27(34)24-7-4-14-35-24/h3-9,14-16H,10-13,17-18H2,1-2H3,(H,28,33). The fourth-order valence-electron chi connectivity index (χ4n) is 4.39. The lowest BCUT2D eigenvalue weighted by molar-refractivity contribution is -0.118. The molecule has 0 atom stereocenters. The molecule has 2 aromatic heterocycles. The largest absolute Gasteiger partial charge is 0.484 e. The Balaban J connectivity index is 1.18. The van der Waals surface area contributed by atoms with Gasteiger partial charge in [0.1, 0.15) is 11.6 Å². The minimum atomic E-state index is -0.228. The van der Waals surface area contributed by atoms with Gasteiger partial charge in [-0.3, -0.25) is 14.5 Å². The normalized spacial score (nSPS) is 14.2. The minimum absolute atomic E-state index is 0.0661. The molecular formula is C27H29N5O4. The van der Waals surface area contributed by atoms with E-state index in [9.17, 15) is 9.59 Å². The quantitative estimate of drug-likeness (QED) is 0.429. The van der Waals surface area contributed by atoms with E-state index >= 15 is 0 Å². The first-order valence-corrected chi connectivity index (χ1v) is 12.0. The second-order valence-corrected chi connectivity index (χ2v) is 8.99. The van der Waals surface area contributed by atoms with Crippen LogP contribution in [0.25, 0.3) is 11.0 Å². The summed E-state index contributed by atoms with van der Waals surface area (Å²) in [6.45, 7) is 5.40. The van der Waals surface area contributed by atoms with Crippen molar-refractivity contribution in [2.75, 3.05) is 38.1 Å². The fraction of sp³-hybridized carbons (Fsp3) is 0.296. The number of amides is 2. The number of hydrogen-bond acceptors (Lipinski definition) is 6. The van der Waals surface area contributed by atoms with Crippen molar-refractivity contribution in [2.24, 2.45) is 7.05 Å². The number of benzene rings is 2. The van der Waals surface area contributed by atoms with Crippen LogP contribution in [-0.4, -0.2) is 64.0 Å². The third kappa shape index (κ3) is 5.26. The summed E-state index contributed by atoms with van der Waals surface area (Å²) in [5.74, 6) is 1.68. The molecule has 0 saturated carbocycles. The fourth-order valence-corrected chi connectivity index (χ4v) is 4.39. The predicted molar refractivity (Wildman–Crippen MR) is 136 cm³/mol. The first-order valence-electron chi connectivity index (χ1n) is 12.0. The van der Waals surface area contributed by atoms with E-state index in [2.05, 4.69) is 14.8 Å². The van der Waals surface area contributed by atoms with Crippen LogP contribution in [0.15, 0.2) is 65.3 Å². The van der Waals surface area contributed by atoms with E-state index in [0.29, 0.717) is 36.8 Å². The molecule has 186 valence electrons. The van der Waals surface area contributed by atoms with Crippen molar-refractivity contribution in [3.8, 4) is 5.75 Å². The van der Waals surface area contributed by atoms with E-state index in [-0.39, 0.29) is 18.4 Å². The van der Waals surface area contributed by atoms with Gasteiger partial charge in [-0.15, -0.1) is 0 Å². The van der Waals surface area contributed by atoms with Crippen molar-refractivity contribution in [3.05, 3.63) is 78.0 Å². The van der Waals surface area contributed by atoms with Crippen LogP contribution in [-0.2, 0) is 18.4 Å². The Bertz CT molecular complexity index is 1370. The van der Waals surface area contributed by atoms with Gasteiger partial charge in [0.2, 0.25) is 0 Å². The molecule has 5 rings (SSSR count). The highest BCUT2D eigenvalue weighted by atomic mass is 16.5. The maximum atomic E-state index is 12.5. The predicted octanol–water partition coefficient (Wildman–Crippen LogP) is 3.45. The second kappa shape index (κ2) is 10.2. The summed E-state index contributed by atoms with van der Waals surface area (Å²) >= 11 is 0. The zero-order valence-corrected chi connectivity index (χ0v) is 20.4. The third-order valence-electron chi connectivity index (χ3n) is 6.37. The number of carbonyl (C=O) groups is 2. The van der Waals surface area contributed by atoms with E-state index in [4.69, 9.17) is 14.1 Å². The number of nitrogens with one attached hydrogen (secondary N) is 1. The number of furan rings is 1. The lowest BCUT2D eigenvalue weighted by Gasteiger charge is -2.34. The van der Waals surface area contributed by atoms with Gasteiger partial charge in [-0.1, -0.05) is 12.1 Å². The SMILES string of the molecule is Cc1cccc(OCC(=O)Nc2ccc3c(c2)nc(CN2CCN(C(=O)c4ccco4)CC2)n3C)c1. The summed E-state index contributed by atoms with van der Waals surface area (Å²) < 4.78 is 12.9. The van der Waals surface area contributed by atoms with Crippen LogP contribution in [0.3, 0.4) is 0 Å². The Hall–Kier alpha value is -4.11. The smallest absolute Gasteiger partial charge is 0.289 e. The molecule has 0 radical (unpaired) electrons. The summed E-state index contributed by atoms with van der Waals surface area (Å²) in [6.07, 6.45) is 1.52. The molecule has 9 nitrogen and oxygen atoms in total. The maximum Gasteiger partial charge on any atom is 0.289 e. The van der Waals surface area contributed by atoms with Gasteiger partial charge in [-0.2, -0.15) is 0 Å². The molecule has 1 N–H and O–H groups in total. The molecule has 2 amide bonds. The van der Waals surface area contributed by atoms with Crippen molar-refractivity contribution < 1.29 is 18.7 Å². The van der Waals surface area contributed by atoms with Crippen LogP contribution < -0.4 is 10.1 Å². The molecule has 0 unspecified atom stereocenters. The van der Waals surface area contributed by atoms with Crippen LogP contribution in [0, 0.1) is 6.92 Å². The number of aromatic nitrogens is 2. The zero-order chi connectivity index (χ0) is 25.1. The lowest BCUT2D eigenvalue weighted by Crippen LogP contribution is -2.48. The molecule has 1 saturated heterocycles. The summed E-state index contributed by atoms with van der Waals surface area (Å²) in [4.78, 5) is 33.8. The molecule has 1 aliphatic rings. The van der Waals surface area contributed by atoms with Gasteiger partial charge in [0.05, 0.1) is 23.8 Å². The minimum Gasteiger partial charge on any atom is -0.484 e. The second-order valence-electron chi connectivity index (χ2n) is 8.99. The van der Waals surface area contributed by atoms with Gasteiger partial charge >= 0.3 is 0 Å². The molecule has 1 aliphatic heterocycles. The van der Waals surface area contributed by atoms with Crippen molar-refractivity contribution in [1.29, 1.82) is 0 Å². The maximum absolute atomic E-state index is 12.5. The summed E-state index contributed by atoms with van der Waals surface area (Å²) in [6, 6.07) is 16.7. The zero-order valence-electron chi connectivity index (χ0n) is 20.4. The Kier molecular flexibility index (Phi) is 6.73. The topological polar surface area (TPSA) is 92.8 Å². The number of hydrogen-bond donors (Lipinski definition) is 1. The monoisotopic (exact) mass is 487 g/mol. The number of ether oxygens (including phenoxy) is 1. The number of anilines is 1. The van der Waals surface area contributed by atoms with Gasteiger partial charge in [-0.05, 0) is 55.0 Å². The number of piperazine rings is 1. The average Bonchev–Trinajstić information content (AvgIpc) is 3.52. The number of imidazole rings is 1. The highest BCUT2D eigenvalue weighted by Crippen LogP contribution is 2.21. The molecule has 0 aliphatic carbocycles. The average molecular weight is 488 g/mol. The number of carbonyl (C=O) groups excluding carboxylic acids is 2. The number of rotatable bonds is 7. The lowest BCUT2D eigenvalue weighted by atomic mass is 10.2. The van der Waals surface area contributed by atoms with Gasteiger partial charge in [0, 0.05) is 38.9 Å². The van der Waals surface area contributed by atoms with Crippen LogP contribution in [0.1, 0.15) is 21.9 Å². The highest BCUT2D eigenvalue weighted by molar-refractivity contribution is 5.94. The molecule has 3 heterocycles. The first-order chi connectivity index (χ1) is 17.5. The van der Waals surface area contributed by atoms with E-state index < -0.39 is 0 Å². The third-order valence-corrected chi connectivity index (χ3v) is 6.37. The van der Waals surface area contributed by atoms with Crippen molar-refractivity contribution in [2.45, 2.75) is 13.5 Å². The molecule has 2 aromatic carbocycles. The number of nitrogens with zero attached hydrogens (tertiary/aromatic N) is 4. The Morgan fingerprint density at radius 2 is 1.89 bits per heavy atom. The van der Waals surface area contributed by atoms with Crippen LogP contribution >= 0.6 is 0 Å². The van der Waals surface area contributed by atoms with Crippen molar-refractivity contribution >= 4 is 28.5 Å². The van der Waals surface area contributed by atoms with E-state index in [1.54, 1.807) is 12.1 Å². The van der Waals surface area contributed by atoms with Crippen molar-refractivity contribution in [1.82, 2.24) is 19.4 Å². The summed E-state index contributed by atoms with van der Waals surface area (Å²) in [5.41, 5.74) is 3.56. The Morgan fingerprint density at radius 1 is 1.06 bits per heavy atom. The van der Waals surface area contributed by atoms with Gasteiger partial charge in [0.25, 0.3) is 11.8 Å². The van der Waals surface area contributed by atoms with Crippen LogP contribution in [0.2, 0.25) is 0 Å². The molecule has 0 spiro atoms. The van der Waals surface area contributed by atoms with E-state index in [0.717, 1.165) is 35.5 Å². The molecule has 36 heavy (non-hydrogen) atoms. The number of fused-ring (bicyclic) bond motifs is 1. The summed E-state index contributed by atoms with van der Waals surface area (Å²) in [5, 5.41) is 2.89. The molecular weight excluding hydrogens is 458 g/mol. The van der Waals surface area contributed by atoms with Crippen molar-refractivity contribution in [3.63, 3.8) is 0 Å².